The third kappa shape index (κ3) is 2.41. The van der Waals surface area contributed by atoms with Crippen LogP contribution in [0.1, 0.15) is 13.8 Å². The van der Waals surface area contributed by atoms with Gasteiger partial charge in [0.05, 0.1) is 0 Å². The van der Waals surface area contributed by atoms with Crippen LogP contribution in [0.5, 0.6) is 0 Å². The van der Waals surface area contributed by atoms with Gasteiger partial charge in [-0.15, -0.1) is 0 Å². The number of carbonyl (C=O) groups is 1. The van der Waals surface area contributed by atoms with E-state index in [0.717, 1.165) is 13.1 Å². The minimum absolute atomic E-state index is 0.314. The Morgan fingerprint density at radius 1 is 1.44 bits per heavy atom. The van der Waals surface area contributed by atoms with E-state index in [2.05, 4.69) is 5.32 Å². The van der Waals surface area contributed by atoms with Gasteiger partial charge in [-0.1, -0.05) is 0 Å². The largest absolute Gasteiger partial charge is 0.405 e. The Balaban J connectivity index is 1.99. The normalized spacial score (nSPS) is 30.4. The van der Waals surface area contributed by atoms with Crippen molar-refractivity contribution in [2.24, 2.45) is 11.8 Å². The van der Waals surface area contributed by atoms with E-state index >= 15 is 0 Å². The fourth-order valence-electron chi connectivity index (χ4n) is 3.04. The molecule has 2 aliphatic heterocycles. The zero-order valence-electron chi connectivity index (χ0n) is 10.5. The van der Waals surface area contributed by atoms with Gasteiger partial charge in [0.2, 0.25) is 0 Å². The summed E-state index contributed by atoms with van der Waals surface area (Å²) in [6, 6.07) is -0.619. The summed E-state index contributed by atoms with van der Waals surface area (Å²) >= 11 is 0. The first-order chi connectivity index (χ1) is 8.22. The van der Waals surface area contributed by atoms with Crippen LogP contribution < -0.4 is 10.6 Å². The first-order valence-corrected chi connectivity index (χ1v) is 6.05. The second-order valence-electron chi connectivity index (χ2n) is 5.56. The molecule has 2 fully saturated rings. The molecule has 0 aliphatic carbocycles. The molecule has 0 spiro atoms. The second-order valence-corrected chi connectivity index (χ2v) is 5.56. The molecule has 0 bridgehead atoms. The van der Waals surface area contributed by atoms with Crippen molar-refractivity contribution < 1.29 is 18.0 Å². The molecule has 2 heterocycles. The van der Waals surface area contributed by atoms with Gasteiger partial charge in [-0.2, -0.15) is 13.2 Å². The molecule has 18 heavy (non-hydrogen) atoms. The monoisotopic (exact) mass is 265 g/mol. The van der Waals surface area contributed by atoms with Crippen molar-refractivity contribution in [3.63, 3.8) is 0 Å². The number of likely N-dealkylation sites (tertiary alicyclic amines) is 1. The third-order valence-corrected chi connectivity index (χ3v) is 4.05. The highest BCUT2D eigenvalue weighted by molar-refractivity contribution is 5.75. The van der Waals surface area contributed by atoms with Crippen molar-refractivity contribution in [3.05, 3.63) is 0 Å². The standard InChI is InChI=1S/C11H18F3N3O/c1-10(2)8-4-15-3-7(8)5-17(10)9(18)16-6-11(12,13)14/h7-8,15H,3-6H2,1-2H3,(H,16,18). The summed E-state index contributed by atoms with van der Waals surface area (Å²) in [5.74, 6) is 0.658. The predicted octanol–water partition coefficient (Wildman–Crippen LogP) is 1.19. The van der Waals surface area contributed by atoms with Crippen LogP contribution in [-0.2, 0) is 0 Å². The molecule has 2 rings (SSSR count). The number of alkyl halides is 3. The summed E-state index contributed by atoms with van der Waals surface area (Å²) in [4.78, 5) is 13.4. The topological polar surface area (TPSA) is 44.4 Å². The molecule has 2 amide bonds. The van der Waals surface area contributed by atoms with Crippen LogP contribution in [0.25, 0.3) is 0 Å². The lowest BCUT2D eigenvalue weighted by Crippen LogP contribution is -2.52. The number of nitrogens with zero attached hydrogens (tertiary/aromatic N) is 1. The molecule has 0 radical (unpaired) electrons. The van der Waals surface area contributed by atoms with Crippen LogP contribution in [0, 0.1) is 11.8 Å². The number of hydrogen-bond donors (Lipinski definition) is 2. The highest BCUT2D eigenvalue weighted by Crippen LogP contribution is 2.40. The van der Waals surface area contributed by atoms with Gasteiger partial charge < -0.3 is 15.5 Å². The van der Waals surface area contributed by atoms with Crippen LogP contribution >= 0.6 is 0 Å². The van der Waals surface area contributed by atoms with Gasteiger partial charge >= 0.3 is 12.2 Å². The van der Waals surface area contributed by atoms with Crippen LogP contribution in [-0.4, -0.2) is 48.8 Å². The molecule has 2 N–H and O–H groups in total. The van der Waals surface area contributed by atoms with Crippen LogP contribution in [0.2, 0.25) is 0 Å². The molecule has 0 aromatic heterocycles. The summed E-state index contributed by atoms with van der Waals surface area (Å²) in [7, 11) is 0. The maximum Gasteiger partial charge on any atom is 0.405 e. The lowest BCUT2D eigenvalue weighted by molar-refractivity contribution is -0.123. The number of halogens is 3. The first kappa shape index (κ1) is 13.5. The lowest BCUT2D eigenvalue weighted by Gasteiger charge is -2.35. The number of carbonyl (C=O) groups excluding carboxylic acids is 1. The molecule has 2 saturated heterocycles. The van der Waals surface area contributed by atoms with Gasteiger partial charge in [0, 0.05) is 25.2 Å². The Bertz CT molecular complexity index is 343. The molecule has 0 aromatic carbocycles. The zero-order chi connectivity index (χ0) is 13.6. The van der Waals surface area contributed by atoms with Crippen molar-refractivity contribution in [1.29, 1.82) is 0 Å². The van der Waals surface area contributed by atoms with Crippen LogP contribution in [0.3, 0.4) is 0 Å². The summed E-state index contributed by atoms with van der Waals surface area (Å²) in [6.45, 7) is 4.73. The highest BCUT2D eigenvalue weighted by Gasteiger charge is 2.51. The molecule has 0 saturated carbocycles. The van der Waals surface area contributed by atoms with Crippen molar-refractivity contribution in [2.45, 2.75) is 25.6 Å². The number of urea groups is 1. The quantitative estimate of drug-likeness (QED) is 0.748. The Labute approximate surface area is 104 Å². The Morgan fingerprint density at radius 3 is 2.67 bits per heavy atom. The first-order valence-electron chi connectivity index (χ1n) is 6.05. The molecule has 2 atom stereocenters. The number of hydrogen-bond acceptors (Lipinski definition) is 2. The van der Waals surface area contributed by atoms with Gasteiger partial charge in [-0.25, -0.2) is 4.79 Å². The van der Waals surface area contributed by atoms with E-state index < -0.39 is 24.3 Å². The highest BCUT2D eigenvalue weighted by atomic mass is 19.4. The number of fused-ring (bicyclic) bond motifs is 1. The molecule has 104 valence electrons. The van der Waals surface area contributed by atoms with E-state index in [0.29, 0.717) is 18.4 Å². The van der Waals surface area contributed by atoms with Crippen molar-refractivity contribution in [1.82, 2.24) is 15.5 Å². The van der Waals surface area contributed by atoms with E-state index in [-0.39, 0.29) is 0 Å². The maximum atomic E-state index is 12.1. The Morgan fingerprint density at radius 2 is 2.11 bits per heavy atom. The average molecular weight is 265 g/mol. The van der Waals surface area contributed by atoms with E-state index in [1.54, 1.807) is 0 Å². The van der Waals surface area contributed by atoms with Crippen LogP contribution in [0.4, 0.5) is 18.0 Å². The van der Waals surface area contributed by atoms with Gasteiger partial charge in [0.1, 0.15) is 6.54 Å². The Kier molecular flexibility index (Phi) is 3.21. The van der Waals surface area contributed by atoms with Gasteiger partial charge in [0.15, 0.2) is 0 Å². The Hall–Kier alpha value is -0.980. The summed E-state index contributed by atoms with van der Waals surface area (Å²) in [6.07, 6.45) is -4.36. The lowest BCUT2D eigenvalue weighted by atomic mass is 9.85. The average Bonchev–Trinajstić information content (AvgIpc) is 2.77. The van der Waals surface area contributed by atoms with E-state index in [1.807, 2.05) is 19.2 Å². The predicted molar refractivity (Wildman–Crippen MR) is 60.1 cm³/mol. The molecule has 0 aromatic rings. The molecule has 4 nitrogen and oxygen atoms in total. The third-order valence-electron chi connectivity index (χ3n) is 4.05. The van der Waals surface area contributed by atoms with Crippen LogP contribution in [0.15, 0.2) is 0 Å². The van der Waals surface area contributed by atoms with Crippen molar-refractivity contribution >= 4 is 6.03 Å². The fraction of sp³-hybridized carbons (Fsp3) is 0.909. The molecular weight excluding hydrogens is 247 g/mol. The number of nitrogens with one attached hydrogen (secondary N) is 2. The van der Waals surface area contributed by atoms with E-state index in [1.165, 1.54) is 4.90 Å². The molecular formula is C11H18F3N3O. The minimum Gasteiger partial charge on any atom is -0.329 e. The fourth-order valence-corrected chi connectivity index (χ4v) is 3.04. The van der Waals surface area contributed by atoms with E-state index in [9.17, 15) is 18.0 Å². The number of amides is 2. The molecule has 2 unspecified atom stereocenters. The second kappa shape index (κ2) is 4.29. The smallest absolute Gasteiger partial charge is 0.329 e. The summed E-state index contributed by atoms with van der Waals surface area (Å²) < 4.78 is 36.2. The van der Waals surface area contributed by atoms with Crippen molar-refractivity contribution in [3.8, 4) is 0 Å². The number of rotatable bonds is 1. The molecule has 2 aliphatic rings. The SMILES string of the molecule is CC1(C)C2CNCC2CN1C(=O)NCC(F)(F)F. The van der Waals surface area contributed by atoms with Gasteiger partial charge in [-0.05, 0) is 25.7 Å². The molecule has 7 heteroatoms. The summed E-state index contributed by atoms with van der Waals surface area (Å²) in [5, 5.41) is 5.21. The van der Waals surface area contributed by atoms with E-state index in [4.69, 9.17) is 0 Å². The van der Waals surface area contributed by atoms with Crippen molar-refractivity contribution in [2.75, 3.05) is 26.2 Å². The maximum absolute atomic E-state index is 12.1. The van der Waals surface area contributed by atoms with Gasteiger partial charge in [-0.3, -0.25) is 0 Å². The van der Waals surface area contributed by atoms with Gasteiger partial charge in [0.25, 0.3) is 0 Å². The minimum atomic E-state index is -4.36. The summed E-state index contributed by atoms with van der Waals surface area (Å²) in [5.41, 5.74) is -0.399. The zero-order valence-corrected chi connectivity index (χ0v) is 10.5.